The number of rotatable bonds is 1. The Labute approximate surface area is 91.4 Å². The molecule has 2 saturated heterocycles. The highest BCUT2D eigenvalue weighted by atomic mass is 16.2. The zero-order valence-electron chi connectivity index (χ0n) is 9.48. The van der Waals surface area contributed by atoms with Crippen molar-refractivity contribution < 1.29 is 4.79 Å². The van der Waals surface area contributed by atoms with Crippen LogP contribution in [0.4, 0.5) is 0 Å². The van der Waals surface area contributed by atoms with Crippen molar-refractivity contribution in [3.63, 3.8) is 0 Å². The molecule has 4 nitrogen and oxygen atoms in total. The minimum atomic E-state index is 0.196. The number of carbonyl (C=O) groups is 1. The molecule has 86 valence electrons. The summed E-state index contributed by atoms with van der Waals surface area (Å²) in [7, 11) is 2.08. The fourth-order valence-electron chi connectivity index (χ4n) is 2.60. The molecule has 2 atom stereocenters. The summed E-state index contributed by atoms with van der Waals surface area (Å²) in [6, 6.07) is 0.196. The highest BCUT2D eigenvalue weighted by Crippen LogP contribution is 2.19. The van der Waals surface area contributed by atoms with Crippen LogP contribution in [0.25, 0.3) is 0 Å². The van der Waals surface area contributed by atoms with Crippen LogP contribution >= 0.6 is 0 Å². The van der Waals surface area contributed by atoms with E-state index in [0.29, 0.717) is 5.91 Å². The van der Waals surface area contributed by atoms with E-state index in [1.54, 1.807) is 0 Å². The number of carbonyl (C=O) groups excluding carboxylic acids is 1. The summed E-state index contributed by atoms with van der Waals surface area (Å²) in [5, 5.41) is 0. The van der Waals surface area contributed by atoms with E-state index in [2.05, 4.69) is 11.9 Å². The topological polar surface area (TPSA) is 49.6 Å². The van der Waals surface area contributed by atoms with Crippen molar-refractivity contribution >= 4 is 5.91 Å². The van der Waals surface area contributed by atoms with Gasteiger partial charge in [0.05, 0.1) is 5.92 Å². The zero-order chi connectivity index (χ0) is 10.8. The number of likely N-dealkylation sites (tertiary alicyclic amines) is 2. The van der Waals surface area contributed by atoms with Crippen LogP contribution in [0, 0.1) is 5.92 Å². The molecule has 15 heavy (non-hydrogen) atoms. The summed E-state index contributed by atoms with van der Waals surface area (Å²) in [4.78, 5) is 16.3. The maximum absolute atomic E-state index is 12.1. The molecule has 2 fully saturated rings. The molecule has 2 heterocycles. The number of amides is 1. The van der Waals surface area contributed by atoms with Gasteiger partial charge in [-0.05, 0) is 32.9 Å². The summed E-state index contributed by atoms with van der Waals surface area (Å²) in [6.07, 6.45) is 3.14. The van der Waals surface area contributed by atoms with Gasteiger partial charge in [0.25, 0.3) is 0 Å². The molecule has 2 aliphatic rings. The first-order valence-electron chi connectivity index (χ1n) is 5.89. The maximum atomic E-state index is 12.1. The normalized spacial score (nSPS) is 33.3. The quantitative estimate of drug-likeness (QED) is 0.658. The molecule has 2 rings (SSSR count). The number of hydrogen-bond acceptors (Lipinski definition) is 3. The summed E-state index contributed by atoms with van der Waals surface area (Å²) < 4.78 is 0. The standard InChI is InChI=1S/C11H21N3O/c1-13-6-4-9(7-13)11(15)14-5-2-3-10(12)8-14/h9-10H,2-8,12H2,1H3/t9?,10-/m1/s1. The molecule has 0 aliphatic carbocycles. The van der Waals surface area contributed by atoms with Gasteiger partial charge in [-0.2, -0.15) is 0 Å². The summed E-state index contributed by atoms with van der Waals surface area (Å²) in [5.74, 6) is 0.551. The van der Waals surface area contributed by atoms with E-state index in [1.807, 2.05) is 4.90 Å². The van der Waals surface area contributed by atoms with Crippen LogP contribution in [-0.2, 0) is 4.79 Å². The first-order valence-corrected chi connectivity index (χ1v) is 5.89. The minimum absolute atomic E-state index is 0.196. The van der Waals surface area contributed by atoms with Gasteiger partial charge < -0.3 is 15.5 Å². The molecular weight excluding hydrogens is 190 g/mol. The molecular formula is C11H21N3O. The van der Waals surface area contributed by atoms with Gasteiger partial charge in [0.15, 0.2) is 0 Å². The zero-order valence-corrected chi connectivity index (χ0v) is 9.48. The Morgan fingerprint density at radius 3 is 2.67 bits per heavy atom. The van der Waals surface area contributed by atoms with Crippen LogP contribution in [-0.4, -0.2) is 55.0 Å². The van der Waals surface area contributed by atoms with Gasteiger partial charge in [-0.3, -0.25) is 4.79 Å². The predicted molar refractivity (Wildman–Crippen MR) is 59.4 cm³/mol. The Kier molecular flexibility index (Phi) is 3.26. The lowest BCUT2D eigenvalue weighted by Gasteiger charge is -2.32. The molecule has 0 saturated carbocycles. The van der Waals surface area contributed by atoms with E-state index in [-0.39, 0.29) is 12.0 Å². The molecule has 0 bridgehead atoms. The molecule has 0 spiro atoms. The van der Waals surface area contributed by atoms with Gasteiger partial charge in [0, 0.05) is 25.7 Å². The fraction of sp³-hybridized carbons (Fsp3) is 0.909. The maximum Gasteiger partial charge on any atom is 0.227 e. The number of nitrogens with two attached hydrogens (primary N) is 1. The predicted octanol–water partition coefficient (Wildman–Crippen LogP) is -0.112. The number of hydrogen-bond donors (Lipinski definition) is 1. The largest absolute Gasteiger partial charge is 0.341 e. The summed E-state index contributed by atoms with van der Waals surface area (Å²) in [6.45, 7) is 3.65. The Morgan fingerprint density at radius 1 is 1.27 bits per heavy atom. The highest BCUT2D eigenvalue weighted by molar-refractivity contribution is 5.79. The molecule has 0 aromatic heterocycles. The molecule has 1 amide bonds. The molecule has 0 radical (unpaired) electrons. The summed E-state index contributed by atoms with van der Waals surface area (Å²) >= 11 is 0. The molecule has 4 heteroatoms. The Balaban J connectivity index is 1.89. The van der Waals surface area contributed by atoms with Crippen LogP contribution in [0.5, 0.6) is 0 Å². The third kappa shape index (κ3) is 2.49. The number of nitrogens with zero attached hydrogens (tertiary/aromatic N) is 2. The van der Waals surface area contributed by atoms with Crippen LogP contribution in [0.2, 0.25) is 0 Å². The van der Waals surface area contributed by atoms with Gasteiger partial charge >= 0.3 is 0 Å². The molecule has 2 N–H and O–H groups in total. The van der Waals surface area contributed by atoms with E-state index >= 15 is 0 Å². The third-order valence-electron chi connectivity index (χ3n) is 3.51. The van der Waals surface area contributed by atoms with Gasteiger partial charge in [0.2, 0.25) is 5.91 Å². The molecule has 2 aliphatic heterocycles. The Bertz CT molecular complexity index is 244. The van der Waals surface area contributed by atoms with Crippen molar-refractivity contribution in [2.75, 3.05) is 33.2 Å². The van der Waals surface area contributed by atoms with E-state index in [9.17, 15) is 4.79 Å². The van der Waals surface area contributed by atoms with Crippen LogP contribution < -0.4 is 5.73 Å². The SMILES string of the molecule is CN1CCC(C(=O)N2CCC[C@@H](N)C2)C1. The van der Waals surface area contributed by atoms with Crippen molar-refractivity contribution in [2.24, 2.45) is 11.7 Å². The van der Waals surface area contributed by atoms with Crippen molar-refractivity contribution in [3.8, 4) is 0 Å². The van der Waals surface area contributed by atoms with Crippen molar-refractivity contribution in [2.45, 2.75) is 25.3 Å². The Morgan fingerprint density at radius 2 is 2.07 bits per heavy atom. The lowest BCUT2D eigenvalue weighted by Crippen LogP contribution is -2.48. The lowest BCUT2D eigenvalue weighted by molar-refractivity contribution is -0.136. The highest BCUT2D eigenvalue weighted by Gasteiger charge is 2.31. The van der Waals surface area contributed by atoms with Crippen molar-refractivity contribution in [3.05, 3.63) is 0 Å². The van der Waals surface area contributed by atoms with E-state index in [1.165, 1.54) is 0 Å². The molecule has 1 unspecified atom stereocenters. The van der Waals surface area contributed by atoms with E-state index in [4.69, 9.17) is 5.73 Å². The lowest BCUT2D eigenvalue weighted by atomic mass is 10.0. The van der Waals surface area contributed by atoms with Gasteiger partial charge in [-0.15, -0.1) is 0 Å². The summed E-state index contributed by atoms with van der Waals surface area (Å²) in [5.41, 5.74) is 5.88. The van der Waals surface area contributed by atoms with Crippen LogP contribution in [0.3, 0.4) is 0 Å². The van der Waals surface area contributed by atoms with Crippen molar-refractivity contribution in [1.29, 1.82) is 0 Å². The second-order valence-electron chi connectivity index (χ2n) is 4.93. The monoisotopic (exact) mass is 211 g/mol. The van der Waals surface area contributed by atoms with Gasteiger partial charge in [-0.1, -0.05) is 0 Å². The number of piperidine rings is 1. The van der Waals surface area contributed by atoms with Crippen LogP contribution in [0.1, 0.15) is 19.3 Å². The van der Waals surface area contributed by atoms with Gasteiger partial charge in [0.1, 0.15) is 0 Å². The third-order valence-corrected chi connectivity index (χ3v) is 3.51. The average Bonchev–Trinajstić information content (AvgIpc) is 2.64. The fourth-order valence-corrected chi connectivity index (χ4v) is 2.60. The van der Waals surface area contributed by atoms with Gasteiger partial charge in [-0.25, -0.2) is 0 Å². The van der Waals surface area contributed by atoms with Crippen LogP contribution in [0.15, 0.2) is 0 Å². The van der Waals surface area contributed by atoms with E-state index in [0.717, 1.165) is 45.4 Å². The van der Waals surface area contributed by atoms with Crippen molar-refractivity contribution in [1.82, 2.24) is 9.80 Å². The average molecular weight is 211 g/mol. The molecule has 0 aromatic rings. The second kappa shape index (κ2) is 4.49. The molecule has 0 aromatic carbocycles. The smallest absolute Gasteiger partial charge is 0.227 e. The Hall–Kier alpha value is -0.610. The first-order chi connectivity index (χ1) is 7.16. The van der Waals surface area contributed by atoms with E-state index < -0.39 is 0 Å². The second-order valence-corrected chi connectivity index (χ2v) is 4.93. The minimum Gasteiger partial charge on any atom is -0.341 e. The first kappa shape index (κ1) is 10.9.